The van der Waals surface area contributed by atoms with Crippen LogP contribution in [-0.2, 0) is 11.2 Å². The molecule has 3 heterocycles. The maximum absolute atomic E-state index is 5.43. The number of aromatic nitrogens is 2. The number of rotatable bonds is 4. The van der Waals surface area contributed by atoms with Crippen LogP contribution >= 0.6 is 27.3 Å². The molecule has 1 fully saturated rings. The first-order chi connectivity index (χ1) is 12.3. The minimum atomic E-state index is 0.773. The van der Waals surface area contributed by atoms with Crippen molar-refractivity contribution in [1.82, 2.24) is 9.97 Å². The molecule has 0 N–H and O–H groups in total. The van der Waals surface area contributed by atoms with Gasteiger partial charge >= 0.3 is 0 Å². The minimum Gasteiger partial charge on any atom is -0.378 e. The van der Waals surface area contributed by atoms with Gasteiger partial charge in [-0.25, -0.2) is 4.98 Å². The van der Waals surface area contributed by atoms with E-state index in [1.165, 1.54) is 5.69 Å². The van der Waals surface area contributed by atoms with Crippen molar-refractivity contribution in [2.45, 2.75) is 6.42 Å². The molecule has 1 aromatic carbocycles. The van der Waals surface area contributed by atoms with Gasteiger partial charge in [-0.05, 0) is 30.3 Å². The Morgan fingerprint density at radius 1 is 1.16 bits per heavy atom. The summed E-state index contributed by atoms with van der Waals surface area (Å²) in [4.78, 5) is 11.5. The molecule has 3 aromatic rings. The van der Waals surface area contributed by atoms with Gasteiger partial charge in [-0.1, -0.05) is 22.0 Å². The van der Waals surface area contributed by atoms with Crippen molar-refractivity contribution in [3.05, 3.63) is 63.1 Å². The molecule has 0 radical (unpaired) electrons. The Hall–Kier alpha value is -1.76. The average molecular weight is 416 g/mol. The van der Waals surface area contributed by atoms with Gasteiger partial charge in [-0.3, -0.25) is 4.98 Å². The van der Waals surface area contributed by atoms with Crippen LogP contribution in [0.15, 0.2) is 52.4 Å². The second kappa shape index (κ2) is 7.64. The monoisotopic (exact) mass is 415 g/mol. The van der Waals surface area contributed by atoms with Gasteiger partial charge in [0, 0.05) is 52.5 Å². The predicted octanol–water partition coefficient (Wildman–Crippen LogP) is 4.40. The van der Waals surface area contributed by atoms with E-state index < -0.39 is 0 Å². The van der Waals surface area contributed by atoms with Crippen LogP contribution in [0.3, 0.4) is 0 Å². The van der Waals surface area contributed by atoms with E-state index in [1.54, 1.807) is 11.3 Å². The molecule has 0 aliphatic carbocycles. The predicted molar refractivity (Wildman–Crippen MR) is 105 cm³/mol. The highest BCUT2D eigenvalue weighted by Gasteiger charge is 2.14. The van der Waals surface area contributed by atoms with Crippen molar-refractivity contribution in [1.29, 1.82) is 0 Å². The molecule has 1 saturated heterocycles. The zero-order chi connectivity index (χ0) is 17.1. The normalized spacial score (nSPS) is 14.7. The van der Waals surface area contributed by atoms with Gasteiger partial charge in [0.05, 0.1) is 23.9 Å². The zero-order valence-electron chi connectivity index (χ0n) is 13.7. The molecule has 25 heavy (non-hydrogen) atoms. The van der Waals surface area contributed by atoms with Gasteiger partial charge in [0.1, 0.15) is 0 Å². The van der Waals surface area contributed by atoms with Crippen LogP contribution in [0.1, 0.15) is 10.7 Å². The van der Waals surface area contributed by atoms with Crippen molar-refractivity contribution in [2.75, 3.05) is 31.2 Å². The van der Waals surface area contributed by atoms with Crippen LogP contribution in [-0.4, -0.2) is 36.3 Å². The van der Waals surface area contributed by atoms with E-state index in [9.17, 15) is 0 Å². The molecule has 128 valence electrons. The van der Waals surface area contributed by atoms with Gasteiger partial charge in [-0.15, -0.1) is 11.3 Å². The zero-order valence-corrected chi connectivity index (χ0v) is 16.1. The number of hydrogen-bond acceptors (Lipinski definition) is 5. The van der Waals surface area contributed by atoms with Gasteiger partial charge in [0.25, 0.3) is 0 Å². The smallest absolute Gasteiger partial charge is 0.0992 e. The van der Waals surface area contributed by atoms with Gasteiger partial charge in [0.2, 0.25) is 0 Å². The molecule has 6 heteroatoms. The molecular weight excluding hydrogens is 398 g/mol. The summed E-state index contributed by atoms with van der Waals surface area (Å²) < 4.78 is 6.50. The van der Waals surface area contributed by atoms with E-state index in [-0.39, 0.29) is 0 Å². The van der Waals surface area contributed by atoms with Gasteiger partial charge < -0.3 is 9.64 Å². The van der Waals surface area contributed by atoms with Crippen LogP contribution in [0.4, 0.5) is 5.69 Å². The molecule has 0 atom stereocenters. The molecule has 0 bridgehead atoms. The highest BCUT2D eigenvalue weighted by molar-refractivity contribution is 9.10. The van der Waals surface area contributed by atoms with Crippen LogP contribution in [0.25, 0.3) is 11.3 Å². The Balaban J connectivity index is 1.53. The lowest BCUT2D eigenvalue weighted by molar-refractivity contribution is 0.122. The molecule has 0 unspecified atom stereocenters. The maximum atomic E-state index is 5.43. The summed E-state index contributed by atoms with van der Waals surface area (Å²) in [5.41, 5.74) is 4.41. The van der Waals surface area contributed by atoms with Crippen molar-refractivity contribution >= 4 is 33.0 Å². The number of halogens is 1. The van der Waals surface area contributed by atoms with E-state index in [0.29, 0.717) is 0 Å². The minimum absolute atomic E-state index is 0.773. The Labute approximate surface area is 159 Å². The van der Waals surface area contributed by atoms with E-state index in [0.717, 1.165) is 59.2 Å². The number of anilines is 1. The second-order valence-electron chi connectivity index (χ2n) is 5.89. The summed E-state index contributed by atoms with van der Waals surface area (Å²) in [7, 11) is 0. The second-order valence-corrected chi connectivity index (χ2v) is 7.68. The average Bonchev–Trinajstić information content (AvgIpc) is 3.11. The summed E-state index contributed by atoms with van der Waals surface area (Å²) in [5.74, 6) is 0. The van der Waals surface area contributed by atoms with Crippen LogP contribution in [0, 0.1) is 0 Å². The van der Waals surface area contributed by atoms with E-state index in [1.807, 2.05) is 24.4 Å². The number of thiazole rings is 1. The summed E-state index contributed by atoms with van der Waals surface area (Å²) >= 11 is 5.40. The van der Waals surface area contributed by atoms with Gasteiger partial charge in [0.15, 0.2) is 0 Å². The largest absolute Gasteiger partial charge is 0.378 e. The Bertz CT molecular complexity index is 847. The van der Waals surface area contributed by atoms with Crippen molar-refractivity contribution in [3.8, 4) is 11.3 Å². The van der Waals surface area contributed by atoms with Crippen molar-refractivity contribution in [3.63, 3.8) is 0 Å². The molecule has 0 amide bonds. The number of benzene rings is 1. The molecular formula is C19H18BrN3OS. The van der Waals surface area contributed by atoms with Crippen LogP contribution < -0.4 is 4.90 Å². The van der Waals surface area contributed by atoms with Crippen LogP contribution in [0.5, 0.6) is 0 Å². The third kappa shape index (κ3) is 3.92. The number of hydrogen-bond donors (Lipinski definition) is 0. The van der Waals surface area contributed by atoms with E-state index in [4.69, 9.17) is 9.72 Å². The highest BCUT2D eigenvalue weighted by atomic mass is 79.9. The molecule has 0 saturated carbocycles. The van der Waals surface area contributed by atoms with Crippen molar-refractivity contribution < 1.29 is 4.74 Å². The highest BCUT2D eigenvalue weighted by Crippen LogP contribution is 2.33. The maximum Gasteiger partial charge on any atom is 0.0992 e. The lowest BCUT2D eigenvalue weighted by atomic mass is 10.1. The molecule has 0 spiro atoms. The fourth-order valence-electron chi connectivity index (χ4n) is 2.90. The standard InChI is InChI=1S/C19H18BrN3OS/c20-17-12-15(23-7-9-24-10-8-23)4-5-16(17)18-13-25-19(22-18)11-14-3-1-2-6-21-14/h1-6,12-13H,7-11H2. The molecule has 1 aliphatic rings. The first kappa shape index (κ1) is 16.7. The van der Waals surface area contributed by atoms with Crippen LogP contribution in [0.2, 0.25) is 0 Å². The number of morpholine rings is 1. The number of pyridine rings is 1. The summed E-state index contributed by atoms with van der Waals surface area (Å²) in [6, 6.07) is 12.5. The lowest BCUT2D eigenvalue weighted by Crippen LogP contribution is -2.36. The van der Waals surface area contributed by atoms with E-state index >= 15 is 0 Å². The third-order valence-corrected chi connectivity index (χ3v) is 5.72. The SMILES string of the molecule is Brc1cc(N2CCOCC2)ccc1-c1csc(Cc2ccccn2)n1. The number of ether oxygens (including phenoxy) is 1. The molecule has 4 rings (SSSR count). The lowest BCUT2D eigenvalue weighted by Gasteiger charge is -2.29. The summed E-state index contributed by atoms with van der Waals surface area (Å²) in [5, 5.41) is 3.20. The fourth-order valence-corrected chi connectivity index (χ4v) is 4.28. The van der Waals surface area contributed by atoms with E-state index in [2.05, 4.69) is 49.4 Å². The van der Waals surface area contributed by atoms with Gasteiger partial charge in [-0.2, -0.15) is 0 Å². The summed E-state index contributed by atoms with van der Waals surface area (Å²) in [6.45, 7) is 3.47. The summed E-state index contributed by atoms with van der Waals surface area (Å²) in [6.07, 6.45) is 2.60. The Morgan fingerprint density at radius 2 is 2.04 bits per heavy atom. The Morgan fingerprint density at radius 3 is 2.80 bits per heavy atom. The quantitative estimate of drug-likeness (QED) is 0.632. The Kier molecular flexibility index (Phi) is 5.10. The molecule has 1 aliphatic heterocycles. The fraction of sp³-hybridized carbons (Fsp3) is 0.263. The first-order valence-corrected chi connectivity index (χ1v) is 9.94. The molecule has 4 nitrogen and oxygen atoms in total. The topological polar surface area (TPSA) is 38.2 Å². The first-order valence-electron chi connectivity index (χ1n) is 8.26. The third-order valence-electron chi connectivity index (χ3n) is 4.22. The molecule has 2 aromatic heterocycles. The number of nitrogens with zero attached hydrogens (tertiary/aromatic N) is 3. The van der Waals surface area contributed by atoms with Crippen molar-refractivity contribution in [2.24, 2.45) is 0 Å².